The minimum absolute atomic E-state index is 0.559. The van der Waals surface area contributed by atoms with Gasteiger partial charge in [0.05, 0.1) is 24.5 Å². The number of aryl methyl sites for hydroxylation is 2. The maximum absolute atomic E-state index is 5.68. The minimum atomic E-state index is 0.559. The fourth-order valence-electron chi connectivity index (χ4n) is 2.17. The van der Waals surface area contributed by atoms with Gasteiger partial charge in [-0.2, -0.15) is 0 Å². The lowest BCUT2D eigenvalue weighted by molar-refractivity contribution is 0.184. The van der Waals surface area contributed by atoms with Crippen LogP contribution in [-0.2, 0) is 17.9 Å². The molecule has 0 saturated heterocycles. The Morgan fingerprint density at radius 3 is 2.87 bits per heavy atom. The SMILES string of the molecule is COCc1nc(CNc2cccc(-c3nc(C)c(C)o3)c2)cs1. The maximum Gasteiger partial charge on any atom is 0.226 e. The van der Waals surface area contributed by atoms with Gasteiger partial charge in [0.15, 0.2) is 0 Å². The molecule has 0 fully saturated rings. The third-order valence-corrected chi connectivity index (χ3v) is 4.35. The van der Waals surface area contributed by atoms with Gasteiger partial charge in [-0.3, -0.25) is 0 Å². The smallest absolute Gasteiger partial charge is 0.226 e. The molecule has 23 heavy (non-hydrogen) atoms. The number of methoxy groups -OCH3 is 1. The van der Waals surface area contributed by atoms with Crippen LogP contribution in [0.3, 0.4) is 0 Å². The summed E-state index contributed by atoms with van der Waals surface area (Å²) in [5, 5.41) is 6.42. The summed E-state index contributed by atoms with van der Waals surface area (Å²) in [6.07, 6.45) is 0. The first-order valence-corrected chi connectivity index (χ1v) is 8.24. The van der Waals surface area contributed by atoms with E-state index in [0.29, 0.717) is 19.0 Å². The number of anilines is 1. The molecule has 0 bridgehead atoms. The van der Waals surface area contributed by atoms with Crippen LogP contribution in [0.2, 0.25) is 0 Å². The van der Waals surface area contributed by atoms with Gasteiger partial charge >= 0.3 is 0 Å². The second kappa shape index (κ2) is 6.93. The van der Waals surface area contributed by atoms with E-state index in [4.69, 9.17) is 9.15 Å². The first kappa shape index (κ1) is 15.7. The molecule has 5 nitrogen and oxygen atoms in total. The Hall–Kier alpha value is -2.18. The number of hydrogen-bond donors (Lipinski definition) is 1. The van der Waals surface area contributed by atoms with Gasteiger partial charge in [-0.05, 0) is 32.0 Å². The Kier molecular flexibility index (Phi) is 4.73. The van der Waals surface area contributed by atoms with Crippen molar-refractivity contribution in [3.8, 4) is 11.5 Å². The molecule has 3 aromatic rings. The van der Waals surface area contributed by atoms with Gasteiger partial charge in [-0.25, -0.2) is 9.97 Å². The molecule has 1 aromatic carbocycles. The Labute approximate surface area is 139 Å². The van der Waals surface area contributed by atoms with Crippen LogP contribution in [0.5, 0.6) is 0 Å². The first-order valence-electron chi connectivity index (χ1n) is 7.36. The fourth-order valence-corrected chi connectivity index (χ4v) is 2.93. The number of nitrogens with zero attached hydrogens (tertiary/aromatic N) is 2. The second-order valence-corrected chi connectivity index (χ2v) is 6.20. The molecule has 0 saturated carbocycles. The zero-order valence-corrected chi connectivity index (χ0v) is 14.2. The van der Waals surface area contributed by atoms with Crippen LogP contribution in [0.1, 0.15) is 22.2 Å². The average molecular weight is 329 g/mol. The minimum Gasteiger partial charge on any atom is -0.441 e. The number of thiazole rings is 1. The van der Waals surface area contributed by atoms with E-state index < -0.39 is 0 Å². The number of hydrogen-bond acceptors (Lipinski definition) is 6. The Balaban J connectivity index is 1.69. The van der Waals surface area contributed by atoms with Crippen molar-refractivity contribution in [2.45, 2.75) is 27.0 Å². The van der Waals surface area contributed by atoms with E-state index in [0.717, 1.165) is 33.4 Å². The second-order valence-electron chi connectivity index (χ2n) is 5.26. The molecular formula is C17H19N3O2S. The van der Waals surface area contributed by atoms with E-state index in [2.05, 4.69) is 15.3 Å². The Bertz CT molecular complexity index is 775. The normalized spacial score (nSPS) is 10.9. The molecule has 3 rings (SSSR count). The monoisotopic (exact) mass is 329 g/mol. The van der Waals surface area contributed by atoms with Gasteiger partial charge < -0.3 is 14.5 Å². The summed E-state index contributed by atoms with van der Waals surface area (Å²) in [6.45, 7) is 5.11. The Morgan fingerprint density at radius 1 is 1.26 bits per heavy atom. The molecule has 0 aliphatic rings. The van der Waals surface area contributed by atoms with Gasteiger partial charge in [0.2, 0.25) is 5.89 Å². The zero-order valence-electron chi connectivity index (χ0n) is 13.4. The number of rotatable bonds is 6. The van der Waals surface area contributed by atoms with Gasteiger partial charge in [0.25, 0.3) is 0 Å². The molecular weight excluding hydrogens is 310 g/mol. The van der Waals surface area contributed by atoms with E-state index in [9.17, 15) is 0 Å². The molecule has 2 aromatic heterocycles. The lowest BCUT2D eigenvalue weighted by atomic mass is 10.2. The molecule has 0 spiro atoms. The first-order chi connectivity index (χ1) is 11.2. The molecule has 0 radical (unpaired) electrons. The van der Waals surface area contributed by atoms with Crippen LogP contribution in [0.4, 0.5) is 5.69 Å². The van der Waals surface area contributed by atoms with Crippen molar-refractivity contribution in [3.63, 3.8) is 0 Å². The van der Waals surface area contributed by atoms with Crippen molar-refractivity contribution in [3.05, 3.63) is 51.8 Å². The number of ether oxygens (including phenoxy) is 1. The summed E-state index contributed by atoms with van der Waals surface area (Å²) in [7, 11) is 1.68. The van der Waals surface area contributed by atoms with Crippen molar-refractivity contribution in [2.75, 3.05) is 12.4 Å². The third kappa shape index (κ3) is 3.78. The van der Waals surface area contributed by atoms with E-state index in [-0.39, 0.29) is 0 Å². The lowest BCUT2D eigenvalue weighted by Crippen LogP contribution is -2.00. The largest absolute Gasteiger partial charge is 0.441 e. The fraction of sp³-hybridized carbons (Fsp3) is 0.294. The van der Waals surface area contributed by atoms with Crippen molar-refractivity contribution in [1.82, 2.24) is 9.97 Å². The van der Waals surface area contributed by atoms with Crippen LogP contribution in [0.15, 0.2) is 34.1 Å². The van der Waals surface area contributed by atoms with Crippen LogP contribution >= 0.6 is 11.3 Å². The summed E-state index contributed by atoms with van der Waals surface area (Å²) in [4.78, 5) is 8.96. The molecule has 6 heteroatoms. The molecule has 0 aliphatic carbocycles. The highest BCUT2D eigenvalue weighted by Crippen LogP contribution is 2.24. The average Bonchev–Trinajstić information content (AvgIpc) is 3.13. The van der Waals surface area contributed by atoms with Crippen LogP contribution in [0, 0.1) is 13.8 Å². The number of aromatic nitrogens is 2. The van der Waals surface area contributed by atoms with E-state index in [1.165, 1.54) is 0 Å². The molecule has 0 atom stereocenters. The van der Waals surface area contributed by atoms with Gasteiger partial charge in [-0.1, -0.05) is 6.07 Å². The highest BCUT2D eigenvalue weighted by Gasteiger charge is 2.09. The van der Waals surface area contributed by atoms with E-state index in [1.807, 2.05) is 43.5 Å². The predicted molar refractivity (Wildman–Crippen MR) is 91.6 cm³/mol. The summed E-state index contributed by atoms with van der Waals surface area (Å²) in [6, 6.07) is 8.04. The van der Waals surface area contributed by atoms with Gasteiger partial charge in [0.1, 0.15) is 10.8 Å². The van der Waals surface area contributed by atoms with Crippen LogP contribution < -0.4 is 5.32 Å². The molecule has 0 amide bonds. The molecule has 1 N–H and O–H groups in total. The number of benzene rings is 1. The van der Waals surface area contributed by atoms with Crippen molar-refractivity contribution in [1.29, 1.82) is 0 Å². The standard InChI is InChI=1S/C17H19N3O2S/c1-11-12(2)22-17(19-11)13-5-4-6-14(7-13)18-8-15-10-23-16(20-15)9-21-3/h4-7,10,18H,8-9H2,1-3H3. The highest BCUT2D eigenvalue weighted by molar-refractivity contribution is 7.09. The van der Waals surface area contributed by atoms with Gasteiger partial charge in [-0.15, -0.1) is 11.3 Å². The third-order valence-electron chi connectivity index (χ3n) is 3.48. The predicted octanol–water partition coefficient (Wildman–Crippen LogP) is 4.17. The highest BCUT2D eigenvalue weighted by atomic mass is 32.1. The van der Waals surface area contributed by atoms with E-state index >= 15 is 0 Å². The summed E-state index contributed by atoms with van der Waals surface area (Å²) >= 11 is 1.61. The number of nitrogens with one attached hydrogen (secondary N) is 1. The summed E-state index contributed by atoms with van der Waals surface area (Å²) < 4.78 is 10.8. The molecule has 120 valence electrons. The van der Waals surface area contributed by atoms with Crippen molar-refractivity contribution < 1.29 is 9.15 Å². The van der Waals surface area contributed by atoms with Crippen LogP contribution in [0.25, 0.3) is 11.5 Å². The van der Waals surface area contributed by atoms with E-state index in [1.54, 1.807) is 18.4 Å². The van der Waals surface area contributed by atoms with Gasteiger partial charge in [0, 0.05) is 23.7 Å². The maximum atomic E-state index is 5.68. The molecule has 0 unspecified atom stereocenters. The van der Waals surface area contributed by atoms with Crippen LogP contribution in [-0.4, -0.2) is 17.1 Å². The van der Waals surface area contributed by atoms with Crippen molar-refractivity contribution >= 4 is 17.0 Å². The van der Waals surface area contributed by atoms with Crippen molar-refractivity contribution in [2.24, 2.45) is 0 Å². The number of oxazole rings is 1. The summed E-state index contributed by atoms with van der Waals surface area (Å²) in [5.41, 5.74) is 3.91. The molecule has 0 aliphatic heterocycles. The zero-order chi connectivity index (χ0) is 16.2. The quantitative estimate of drug-likeness (QED) is 0.735. The Morgan fingerprint density at radius 2 is 2.13 bits per heavy atom. The molecule has 2 heterocycles. The lowest BCUT2D eigenvalue weighted by Gasteiger charge is -2.05. The topological polar surface area (TPSA) is 60.2 Å². The summed E-state index contributed by atoms with van der Waals surface area (Å²) in [5.74, 6) is 1.51.